The van der Waals surface area contributed by atoms with E-state index in [-0.39, 0.29) is 11.5 Å². The van der Waals surface area contributed by atoms with Crippen LogP contribution in [-0.2, 0) is 14.6 Å². The molecule has 0 aromatic rings. The van der Waals surface area contributed by atoms with E-state index in [4.69, 9.17) is 4.74 Å². The summed E-state index contributed by atoms with van der Waals surface area (Å²) < 4.78 is 28.8. The maximum absolute atomic E-state index is 11.6. The summed E-state index contributed by atoms with van der Waals surface area (Å²) in [5.41, 5.74) is 0.191. The first-order valence-corrected chi connectivity index (χ1v) is 11.8. The number of morpholine rings is 1. The first-order chi connectivity index (χ1) is 12.5. The van der Waals surface area contributed by atoms with E-state index < -0.39 is 9.84 Å². The Kier molecular flexibility index (Phi) is 6.80. The monoisotopic (exact) mass is 386 g/mol. The molecule has 3 aliphatic rings. The summed E-state index contributed by atoms with van der Waals surface area (Å²) in [6.45, 7) is 5.22. The van der Waals surface area contributed by atoms with Crippen molar-refractivity contribution in [1.29, 1.82) is 0 Å². The van der Waals surface area contributed by atoms with Crippen LogP contribution < -0.4 is 10.6 Å². The van der Waals surface area contributed by atoms with E-state index in [1.807, 2.05) is 0 Å². The summed E-state index contributed by atoms with van der Waals surface area (Å²) in [4.78, 5) is 6.96. The summed E-state index contributed by atoms with van der Waals surface area (Å²) in [5, 5.41) is 6.87. The van der Waals surface area contributed by atoms with Gasteiger partial charge in [0.25, 0.3) is 0 Å². The van der Waals surface area contributed by atoms with Gasteiger partial charge in [-0.25, -0.2) is 8.42 Å². The van der Waals surface area contributed by atoms with Crippen molar-refractivity contribution in [2.75, 3.05) is 57.9 Å². The van der Waals surface area contributed by atoms with Gasteiger partial charge in [-0.05, 0) is 25.2 Å². The summed E-state index contributed by atoms with van der Waals surface area (Å²) in [5.74, 6) is 1.61. The molecule has 2 heterocycles. The van der Waals surface area contributed by atoms with Gasteiger partial charge in [0.2, 0.25) is 0 Å². The Morgan fingerprint density at radius 2 is 1.92 bits per heavy atom. The molecule has 8 heteroatoms. The second-order valence-electron chi connectivity index (χ2n) is 7.96. The van der Waals surface area contributed by atoms with E-state index in [1.54, 1.807) is 7.05 Å². The van der Waals surface area contributed by atoms with Crippen LogP contribution in [0.5, 0.6) is 0 Å². The van der Waals surface area contributed by atoms with Crippen LogP contribution in [0.25, 0.3) is 0 Å². The zero-order valence-electron chi connectivity index (χ0n) is 16.0. The van der Waals surface area contributed by atoms with Crippen LogP contribution in [0.2, 0.25) is 0 Å². The van der Waals surface area contributed by atoms with Gasteiger partial charge in [0.15, 0.2) is 15.8 Å². The molecule has 1 unspecified atom stereocenters. The maximum atomic E-state index is 11.6. The molecule has 3 fully saturated rings. The number of rotatable bonds is 5. The van der Waals surface area contributed by atoms with Gasteiger partial charge in [0.1, 0.15) is 0 Å². The molecule has 26 heavy (non-hydrogen) atoms. The lowest BCUT2D eigenvalue weighted by atomic mass is 9.80. The number of nitrogens with zero attached hydrogens (tertiary/aromatic N) is 2. The van der Waals surface area contributed by atoms with Crippen molar-refractivity contribution in [3.63, 3.8) is 0 Å². The van der Waals surface area contributed by atoms with Crippen molar-refractivity contribution in [2.45, 2.75) is 44.1 Å². The predicted molar refractivity (Wildman–Crippen MR) is 104 cm³/mol. The van der Waals surface area contributed by atoms with E-state index in [0.29, 0.717) is 18.1 Å². The fourth-order valence-corrected chi connectivity index (χ4v) is 6.46. The average molecular weight is 387 g/mol. The van der Waals surface area contributed by atoms with Crippen molar-refractivity contribution in [2.24, 2.45) is 10.9 Å². The minimum absolute atomic E-state index is 0.191. The zero-order valence-corrected chi connectivity index (χ0v) is 16.8. The molecule has 0 bridgehead atoms. The number of aliphatic imine (C=N–C) groups is 1. The topological polar surface area (TPSA) is 83.0 Å². The number of guanidine groups is 1. The number of nitrogens with one attached hydrogen (secondary N) is 2. The highest BCUT2D eigenvalue weighted by Crippen LogP contribution is 2.33. The van der Waals surface area contributed by atoms with Gasteiger partial charge in [-0.3, -0.25) is 9.89 Å². The molecule has 0 radical (unpaired) electrons. The summed E-state index contributed by atoms with van der Waals surface area (Å²) in [6.07, 6.45) is 7.09. The minimum Gasteiger partial charge on any atom is -0.379 e. The molecule has 0 amide bonds. The van der Waals surface area contributed by atoms with Crippen molar-refractivity contribution in [3.8, 4) is 0 Å². The Morgan fingerprint density at radius 3 is 2.54 bits per heavy atom. The minimum atomic E-state index is -2.82. The molecule has 0 aromatic carbocycles. The van der Waals surface area contributed by atoms with E-state index in [1.165, 1.54) is 32.1 Å². The number of hydrogen-bond acceptors (Lipinski definition) is 5. The molecule has 1 saturated carbocycles. The van der Waals surface area contributed by atoms with Gasteiger partial charge in [-0.2, -0.15) is 0 Å². The molecule has 0 aromatic heterocycles. The van der Waals surface area contributed by atoms with E-state index in [0.717, 1.165) is 45.2 Å². The summed E-state index contributed by atoms with van der Waals surface area (Å²) in [6, 6.07) is 0. The average Bonchev–Trinajstić information content (AvgIpc) is 3.02. The molecule has 1 aliphatic carbocycles. The highest BCUT2D eigenvalue weighted by atomic mass is 32.2. The molecule has 150 valence electrons. The van der Waals surface area contributed by atoms with Crippen LogP contribution in [0.4, 0.5) is 0 Å². The third-order valence-electron chi connectivity index (χ3n) is 6.16. The van der Waals surface area contributed by atoms with Crippen molar-refractivity contribution in [3.05, 3.63) is 0 Å². The number of ether oxygens (including phenoxy) is 1. The standard InChI is InChI=1S/C18H34N4O3S/c1-19-17(20-13-16-5-12-26(23,24)14-16)21-15-18(6-3-2-4-7-18)22-8-10-25-11-9-22/h16H,2-15H2,1H3,(H2,19,20,21). The third-order valence-corrected chi connectivity index (χ3v) is 8.00. The van der Waals surface area contributed by atoms with Crippen LogP contribution in [0, 0.1) is 5.92 Å². The SMILES string of the molecule is CN=C(NCC1CCS(=O)(=O)C1)NCC1(N2CCOCC2)CCCCC1. The van der Waals surface area contributed by atoms with Crippen molar-refractivity contribution < 1.29 is 13.2 Å². The summed E-state index contributed by atoms with van der Waals surface area (Å²) in [7, 11) is -1.04. The van der Waals surface area contributed by atoms with Crippen molar-refractivity contribution >= 4 is 15.8 Å². The van der Waals surface area contributed by atoms with Crippen LogP contribution in [0.15, 0.2) is 4.99 Å². The second-order valence-corrected chi connectivity index (χ2v) is 10.2. The van der Waals surface area contributed by atoms with E-state index in [2.05, 4.69) is 20.5 Å². The largest absolute Gasteiger partial charge is 0.379 e. The smallest absolute Gasteiger partial charge is 0.191 e. The first-order valence-electron chi connectivity index (χ1n) is 10.0. The second kappa shape index (κ2) is 8.89. The molecule has 0 spiro atoms. The molecule has 3 rings (SSSR count). The quantitative estimate of drug-likeness (QED) is 0.532. The number of hydrogen-bond donors (Lipinski definition) is 2. The highest BCUT2D eigenvalue weighted by molar-refractivity contribution is 7.91. The Balaban J connectivity index is 1.53. The van der Waals surface area contributed by atoms with Gasteiger partial charge in [0, 0.05) is 38.8 Å². The van der Waals surface area contributed by atoms with Gasteiger partial charge >= 0.3 is 0 Å². The van der Waals surface area contributed by atoms with E-state index in [9.17, 15) is 8.42 Å². The van der Waals surface area contributed by atoms with Crippen LogP contribution in [-0.4, -0.2) is 82.8 Å². The molecule has 2 N–H and O–H groups in total. The molecular formula is C18H34N4O3S. The lowest BCUT2D eigenvalue weighted by Crippen LogP contribution is -2.60. The zero-order chi connectivity index (χ0) is 18.5. The fraction of sp³-hybridized carbons (Fsp3) is 0.944. The first kappa shape index (κ1) is 19.9. The molecular weight excluding hydrogens is 352 g/mol. The van der Waals surface area contributed by atoms with Gasteiger partial charge in [0.05, 0.1) is 24.7 Å². The molecule has 2 aliphatic heterocycles. The third kappa shape index (κ3) is 5.10. The van der Waals surface area contributed by atoms with Crippen LogP contribution in [0.1, 0.15) is 38.5 Å². The van der Waals surface area contributed by atoms with Crippen molar-refractivity contribution in [1.82, 2.24) is 15.5 Å². The van der Waals surface area contributed by atoms with Gasteiger partial charge in [-0.15, -0.1) is 0 Å². The van der Waals surface area contributed by atoms with E-state index >= 15 is 0 Å². The Bertz CT molecular complexity index is 581. The van der Waals surface area contributed by atoms with Gasteiger partial charge < -0.3 is 15.4 Å². The Labute approximate surface area is 157 Å². The van der Waals surface area contributed by atoms with Crippen LogP contribution in [0.3, 0.4) is 0 Å². The molecule has 1 atom stereocenters. The summed E-state index contributed by atoms with van der Waals surface area (Å²) >= 11 is 0. The van der Waals surface area contributed by atoms with Crippen LogP contribution >= 0.6 is 0 Å². The number of sulfone groups is 1. The Morgan fingerprint density at radius 1 is 1.19 bits per heavy atom. The molecule has 7 nitrogen and oxygen atoms in total. The predicted octanol–water partition coefficient (Wildman–Crippen LogP) is 0.621. The Hall–Kier alpha value is -0.860. The maximum Gasteiger partial charge on any atom is 0.191 e. The molecule has 2 saturated heterocycles. The fourth-order valence-electron chi connectivity index (χ4n) is 4.60. The highest BCUT2D eigenvalue weighted by Gasteiger charge is 2.38. The lowest BCUT2D eigenvalue weighted by molar-refractivity contribution is -0.0352. The van der Waals surface area contributed by atoms with Gasteiger partial charge in [-0.1, -0.05) is 19.3 Å². The normalized spacial score (nSPS) is 29.4. The lowest BCUT2D eigenvalue weighted by Gasteiger charge is -2.48.